The van der Waals surface area contributed by atoms with E-state index in [1.807, 2.05) is 43.3 Å². The molecule has 0 spiro atoms. The van der Waals surface area contributed by atoms with Crippen LogP contribution in [-0.4, -0.2) is 42.7 Å². The quantitative estimate of drug-likeness (QED) is 0.101. The minimum atomic E-state index is -0.795. The molecule has 1 aliphatic rings. The number of anilines is 1. The molecule has 2 aromatic heterocycles. The van der Waals surface area contributed by atoms with Gasteiger partial charge in [0.2, 0.25) is 0 Å². The fourth-order valence-electron chi connectivity index (χ4n) is 5.09. The highest BCUT2D eigenvalue weighted by Crippen LogP contribution is 2.33. The molecule has 0 radical (unpaired) electrons. The number of pyridine rings is 1. The number of nitrogens with zero attached hydrogens (tertiary/aromatic N) is 3. The minimum Gasteiger partial charge on any atom is -0.387 e. The molecule has 1 saturated heterocycles. The first-order chi connectivity index (χ1) is 20.4. The van der Waals surface area contributed by atoms with Crippen LogP contribution < -0.4 is 10.9 Å². The van der Waals surface area contributed by atoms with E-state index in [1.165, 1.54) is 67.5 Å². The van der Waals surface area contributed by atoms with E-state index in [2.05, 4.69) is 17.2 Å². The topological polar surface area (TPSA) is 86.9 Å². The van der Waals surface area contributed by atoms with Gasteiger partial charge in [-0.3, -0.25) is 18.9 Å². The molecule has 224 valence electrons. The average Bonchev–Trinajstić information content (AvgIpc) is 3.26. The molecule has 1 amide bonds. The number of carbonyl (C=O) groups excluding carboxylic acids is 1. The Bertz CT molecular complexity index is 1450. The number of thiocarbonyl (C=S) groups is 1. The number of aliphatic hydroxyl groups is 1. The Morgan fingerprint density at radius 3 is 2.33 bits per heavy atom. The van der Waals surface area contributed by atoms with Crippen LogP contribution in [0.1, 0.15) is 93.9 Å². The van der Waals surface area contributed by atoms with E-state index in [0.29, 0.717) is 27.2 Å². The van der Waals surface area contributed by atoms with Crippen molar-refractivity contribution >= 4 is 51.7 Å². The number of unbranched alkanes of at least 4 members (excludes halogenated alkanes) is 9. The highest BCUT2D eigenvalue weighted by molar-refractivity contribution is 8.26. The van der Waals surface area contributed by atoms with Crippen LogP contribution in [0.25, 0.3) is 11.7 Å². The maximum atomic E-state index is 13.7. The van der Waals surface area contributed by atoms with Gasteiger partial charge in [0.25, 0.3) is 11.5 Å². The van der Waals surface area contributed by atoms with Crippen molar-refractivity contribution in [1.82, 2.24) is 14.3 Å². The molecular formula is C33H42N4O3S2. The lowest BCUT2D eigenvalue weighted by molar-refractivity contribution is -0.122. The van der Waals surface area contributed by atoms with Crippen LogP contribution in [0.3, 0.4) is 0 Å². The van der Waals surface area contributed by atoms with Crippen molar-refractivity contribution in [3.63, 3.8) is 0 Å². The minimum absolute atomic E-state index is 0.152. The van der Waals surface area contributed by atoms with Crippen molar-refractivity contribution < 1.29 is 9.90 Å². The number of benzene rings is 1. The maximum Gasteiger partial charge on any atom is 0.267 e. The number of fused-ring (bicyclic) bond motifs is 1. The molecule has 2 N–H and O–H groups in total. The highest BCUT2D eigenvalue weighted by Gasteiger charge is 2.32. The first kappa shape index (κ1) is 31.9. The SMILES string of the molecule is CCCCCCCCCCCCN1C(=O)/C(=C\c2c(NCC(O)c3ccccc3)nc3ccc(C)cn3c2=O)SC1=S. The van der Waals surface area contributed by atoms with E-state index in [0.717, 1.165) is 24.0 Å². The van der Waals surface area contributed by atoms with Crippen molar-refractivity contribution in [2.24, 2.45) is 0 Å². The van der Waals surface area contributed by atoms with Crippen LogP contribution in [0.15, 0.2) is 58.4 Å². The first-order valence-corrected chi connectivity index (χ1v) is 16.4. The van der Waals surface area contributed by atoms with Gasteiger partial charge < -0.3 is 10.4 Å². The van der Waals surface area contributed by atoms with Gasteiger partial charge in [-0.15, -0.1) is 0 Å². The predicted molar refractivity (Wildman–Crippen MR) is 178 cm³/mol. The van der Waals surface area contributed by atoms with Crippen LogP contribution in [0.5, 0.6) is 0 Å². The number of aliphatic hydroxyl groups excluding tert-OH is 1. The third kappa shape index (κ3) is 8.52. The summed E-state index contributed by atoms with van der Waals surface area (Å²) in [6.07, 6.45) is 14.8. The lowest BCUT2D eigenvalue weighted by atomic mass is 10.1. The van der Waals surface area contributed by atoms with Gasteiger partial charge in [-0.1, -0.05) is 125 Å². The Morgan fingerprint density at radius 2 is 1.64 bits per heavy atom. The largest absolute Gasteiger partial charge is 0.387 e. The Kier molecular flexibility index (Phi) is 12.2. The van der Waals surface area contributed by atoms with E-state index in [9.17, 15) is 14.7 Å². The summed E-state index contributed by atoms with van der Waals surface area (Å²) in [4.78, 5) is 33.8. The maximum absolute atomic E-state index is 13.7. The van der Waals surface area contributed by atoms with Crippen molar-refractivity contribution in [3.8, 4) is 0 Å². The molecule has 4 rings (SSSR count). The summed E-state index contributed by atoms with van der Waals surface area (Å²) in [6, 6.07) is 13.0. The van der Waals surface area contributed by atoms with E-state index < -0.39 is 6.10 Å². The van der Waals surface area contributed by atoms with Gasteiger partial charge >= 0.3 is 0 Å². The fraction of sp³-hybridized carbons (Fsp3) is 0.455. The summed E-state index contributed by atoms with van der Waals surface area (Å²) in [6.45, 7) is 4.89. The molecule has 1 aromatic carbocycles. The van der Waals surface area contributed by atoms with Crippen molar-refractivity contribution in [3.05, 3.63) is 80.6 Å². The molecule has 9 heteroatoms. The van der Waals surface area contributed by atoms with Crippen LogP contribution in [-0.2, 0) is 4.79 Å². The molecule has 7 nitrogen and oxygen atoms in total. The van der Waals surface area contributed by atoms with Gasteiger partial charge in [0, 0.05) is 19.3 Å². The number of amides is 1. The lowest BCUT2D eigenvalue weighted by Crippen LogP contribution is -2.29. The lowest BCUT2D eigenvalue weighted by Gasteiger charge is -2.15. The number of hydrogen-bond acceptors (Lipinski definition) is 7. The molecule has 1 aliphatic heterocycles. The Labute approximate surface area is 258 Å². The van der Waals surface area contributed by atoms with Crippen LogP contribution in [0.4, 0.5) is 5.82 Å². The third-order valence-electron chi connectivity index (χ3n) is 7.54. The molecule has 0 aliphatic carbocycles. The van der Waals surface area contributed by atoms with E-state index in [-0.39, 0.29) is 23.6 Å². The normalized spacial score (nSPS) is 15.2. The molecule has 1 fully saturated rings. The fourth-order valence-corrected chi connectivity index (χ4v) is 6.38. The molecule has 42 heavy (non-hydrogen) atoms. The molecule has 1 atom stereocenters. The van der Waals surface area contributed by atoms with E-state index >= 15 is 0 Å². The second kappa shape index (κ2) is 16.0. The van der Waals surface area contributed by atoms with Gasteiger partial charge in [0.15, 0.2) is 0 Å². The Balaban J connectivity index is 1.44. The van der Waals surface area contributed by atoms with Crippen LogP contribution >= 0.6 is 24.0 Å². The van der Waals surface area contributed by atoms with Gasteiger partial charge in [-0.2, -0.15) is 0 Å². The molecular weight excluding hydrogens is 565 g/mol. The summed E-state index contributed by atoms with van der Waals surface area (Å²) >= 11 is 6.78. The number of nitrogens with one attached hydrogen (secondary N) is 1. The number of hydrogen-bond donors (Lipinski definition) is 2. The number of thioether (sulfide) groups is 1. The van der Waals surface area contributed by atoms with E-state index in [4.69, 9.17) is 12.2 Å². The summed E-state index contributed by atoms with van der Waals surface area (Å²) in [7, 11) is 0. The Morgan fingerprint density at radius 1 is 0.976 bits per heavy atom. The van der Waals surface area contributed by atoms with Gasteiger partial charge in [-0.25, -0.2) is 4.98 Å². The second-order valence-corrected chi connectivity index (χ2v) is 12.6. The number of carbonyl (C=O) groups is 1. The van der Waals surface area contributed by atoms with Crippen LogP contribution in [0.2, 0.25) is 0 Å². The van der Waals surface area contributed by atoms with Gasteiger partial charge in [-0.05, 0) is 36.6 Å². The number of aryl methyl sites for hydroxylation is 1. The molecule has 3 heterocycles. The summed E-state index contributed by atoms with van der Waals surface area (Å²) < 4.78 is 2.01. The molecule has 0 bridgehead atoms. The first-order valence-electron chi connectivity index (χ1n) is 15.1. The predicted octanol–water partition coefficient (Wildman–Crippen LogP) is 7.27. The van der Waals surface area contributed by atoms with Crippen LogP contribution in [0, 0.1) is 6.92 Å². The summed E-state index contributed by atoms with van der Waals surface area (Å²) in [5.74, 6) is 0.142. The monoisotopic (exact) mass is 606 g/mol. The molecule has 3 aromatic rings. The Hall–Kier alpha value is -3.01. The average molecular weight is 607 g/mol. The van der Waals surface area contributed by atoms with Gasteiger partial charge in [0.1, 0.15) is 15.8 Å². The van der Waals surface area contributed by atoms with Gasteiger partial charge in [0.05, 0.1) is 16.6 Å². The zero-order valence-electron chi connectivity index (χ0n) is 24.7. The third-order valence-corrected chi connectivity index (χ3v) is 8.91. The zero-order valence-corrected chi connectivity index (χ0v) is 26.3. The molecule has 1 unspecified atom stereocenters. The van der Waals surface area contributed by atoms with Crippen molar-refractivity contribution in [1.29, 1.82) is 0 Å². The highest BCUT2D eigenvalue weighted by atomic mass is 32.2. The van der Waals surface area contributed by atoms with E-state index in [1.54, 1.807) is 23.2 Å². The summed E-state index contributed by atoms with van der Waals surface area (Å²) in [5.41, 5.74) is 2.12. The molecule has 0 saturated carbocycles. The van der Waals surface area contributed by atoms with Crippen molar-refractivity contribution in [2.75, 3.05) is 18.4 Å². The van der Waals surface area contributed by atoms with Crippen molar-refractivity contribution in [2.45, 2.75) is 84.2 Å². The zero-order chi connectivity index (χ0) is 29.9. The number of rotatable bonds is 16. The summed E-state index contributed by atoms with van der Waals surface area (Å²) in [5, 5.41) is 13.9. The smallest absolute Gasteiger partial charge is 0.267 e. The second-order valence-electron chi connectivity index (χ2n) is 10.9. The number of aromatic nitrogens is 2. The standard InChI is InChI=1S/C33H42N4O3S2/c1-3-4-5-6-7-8-9-10-11-15-20-36-32(40)28(42-33(36)41)21-26-30(34-22-27(38)25-16-13-12-14-17-25)35-29-19-18-24(2)23-37(29)31(26)39/h12-14,16-19,21,23,27,34,38H,3-11,15,20,22H2,1-2H3/b28-21+.